The van der Waals surface area contributed by atoms with E-state index in [1.54, 1.807) is 0 Å². The van der Waals surface area contributed by atoms with E-state index in [0.717, 1.165) is 5.56 Å². The lowest BCUT2D eigenvalue weighted by atomic mass is 10.2. The second kappa shape index (κ2) is 5.83. The highest BCUT2D eigenvalue weighted by Crippen LogP contribution is 2.21. The molecule has 0 atom stereocenters. The maximum absolute atomic E-state index is 13.8. The Hall–Kier alpha value is -1.61. The maximum atomic E-state index is 13.8. The molecular weight excluding hydrogens is 251 g/mol. The normalized spacial score (nSPS) is 10.4. The van der Waals surface area contributed by atoms with Gasteiger partial charge in [0.05, 0.1) is 5.02 Å². The predicted octanol–water partition coefficient (Wildman–Crippen LogP) is 3.90. The summed E-state index contributed by atoms with van der Waals surface area (Å²) in [6.45, 7) is 3.28. The van der Waals surface area contributed by atoms with Gasteiger partial charge in [0.1, 0.15) is 0 Å². The van der Waals surface area contributed by atoms with Crippen molar-refractivity contribution in [3.8, 4) is 0 Å². The molecule has 0 saturated carbocycles. The Balaban J connectivity index is 2.23. The quantitative estimate of drug-likeness (QED) is 0.833. The highest BCUT2D eigenvalue weighted by atomic mass is 35.5. The van der Waals surface area contributed by atoms with Crippen LogP contribution in [0.4, 0.5) is 10.2 Å². The third-order valence-electron chi connectivity index (χ3n) is 2.69. The van der Waals surface area contributed by atoms with Crippen LogP contribution in [-0.4, -0.2) is 11.5 Å². The number of halogens is 2. The van der Waals surface area contributed by atoms with Crippen LogP contribution in [0.15, 0.2) is 42.6 Å². The van der Waals surface area contributed by atoms with Gasteiger partial charge < -0.3 is 4.90 Å². The van der Waals surface area contributed by atoms with Crippen LogP contribution < -0.4 is 4.90 Å². The van der Waals surface area contributed by atoms with Crippen LogP contribution in [0.1, 0.15) is 12.5 Å². The molecule has 1 aromatic heterocycles. The van der Waals surface area contributed by atoms with Crippen molar-refractivity contribution in [2.24, 2.45) is 0 Å². The first-order valence-corrected chi connectivity index (χ1v) is 6.18. The summed E-state index contributed by atoms with van der Waals surface area (Å²) >= 11 is 5.70. The average molecular weight is 265 g/mol. The molecule has 94 valence electrons. The standard InChI is InChI=1S/C14H14ClFN2/c1-2-18(10-11-6-4-3-5-7-11)14-13(16)8-12(15)9-17-14/h3-9H,2,10H2,1H3. The third-order valence-corrected chi connectivity index (χ3v) is 2.89. The minimum absolute atomic E-state index is 0.312. The molecule has 2 nitrogen and oxygen atoms in total. The SMILES string of the molecule is CCN(Cc1ccccc1)c1ncc(Cl)cc1F. The van der Waals surface area contributed by atoms with Crippen LogP contribution in [0.25, 0.3) is 0 Å². The van der Waals surface area contributed by atoms with Crippen molar-refractivity contribution in [1.29, 1.82) is 0 Å². The molecule has 2 aromatic rings. The van der Waals surface area contributed by atoms with Crippen molar-refractivity contribution < 1.29 is 4.39 Å². The smallest absolute Gasteiger partial charge is 0.167 e. The van der Waals surface area contributed by atoms with Crippen molar-refractivity contribution in [1.82, 2.24) is 4.98 Å². The third kappa shape index (κ3) is 2.99. The van der Waals surface area contributed by atoms with E-state index < -0.39 is 0 Å². The highest BCUT2D eigenvalue weighted by molar-refractivity contribution is 6.30. The monoisotopic (exact) mass is 264 g/mol. The first kappa shape index (κ1) is 12.8. The number of anilines is 1. The second-order valence-corrected chi connectivity index (χ2v) is 4.40. The highest BCUT2D eigenvalue weighted by Gasteiger charge is 2.12. The van der Waals surface area contributed by atoms with Crippen molar-refractivity contribution in [2.45, 2.75) is 13.5 Å². The van der Waals surface area contributed by atoms with Crippen molar-refractivity contribution in [3.63, 3.8) is 0 Å². The maximum Gasteiger partial charge on any atom is 0.167 e. The summed E-state index contributed by atoms with van der Waals surface area (Å²) in [6.07, 6.45) is 1.47. The lowest BCUT2D eigenvalue weighted by Crippen LogP contribution is -2.24. The van der Waals surface area contributed by atoms with Gasteiger partial charge in [0.2, 0.25) is 0 Å². The summed E-state index contributed by atoms with van der Waals surface area (Å²) in [4.78, 5) is 5.94. The van der Waals surface area contributed by atoms with Crippen LogP contribution >= 0.6 is 11.6 Å². The van der Waals surface area contributed by atoms with Gasteiger partial charge in [-0.3, -0.25) is 0 Å². The molecule has 1 heterocycles. The summed E-state index contributed by atoms with van der Waals surface area (Å²) in [6, 6.07) is 11.2. The first-order chi connectivity index (χ1) is 8.70. The van der Waals surface area contributed by atoms with Gasteiger partial charge in [0.25, 0.3) is 0 Å². The Kier molecular flexibility index (Phi) is 4.15. The van der Waals surface area contributed by atoms with Crippen LogP contribution in [0, 0.1) is 5.82 Å². The Morgan fingerprint density at radius 2 is 2.00 bits per heavy atom. The average Bonchev–Trinajstić information content (AvgIpc) is 2.38. The van der Waals surface area contributed by atoms with Crippen molar-refractivity contribution in [2.75, 3.05) is 11.4 Å². The van der Waals surface area contributed by atoms with Gasteiger partial charge in [-0.1, -0.05) is 41.9 Å². The van der Waals surface area contributed by atoms with Gasteiger partial charge in [-0.05, 0) is 18.6 Å². The summed E-state index contributed by atoms with van der Waals surface area (Å²) in [7, 11) is 0. The molecule has 1 aromatic carbocycles. The summed E-state index contributed by atoms with van der Waals surface area (Å²) in [5.41, 5.74) is 1.12. The van der Waals surface area contributed by atoms with Gasteiger partial charge in [0, 0.05) is 19.3 Å². The number of hydrogen-bond donors (Lipinski definition) is 0. The Morgan fingerprint density at radius 1 is 1.28 bits per heavy atom. The number of benzene rings is 1. The van der Waals surface area contributed by atoms with E-state index in [0.29, 0.717) is 23.9 Å². The fourth-order valence-electron chi connectivity index (χ4n) is 1.78. The molecule has 18 heavy (non-hydrogen) atoms. The fraction of sp³-hybridized carbons (Fsp3) is 0.214. The van der Waals surface area contributed by atoms with E-state index in [1.165, 1.54) is 12.3 Å². The van der Waals surface area contributed by atoms with Crippen LogP contribution in [0.5, 0.6) is 0 Å². The lowest BCUT2D eigenvalue weighted by molar-refractivity contribution is 0.609. The Bertz CT molecular complexity index is 516. The molecule has 0 unspecified atom stereocenters. The zero-order chi connectivity index (χ0) is 13.0. The summed E-state index contributed by atoms with van der Waals surface area (Å²) in [5.74, 6) is -0.0500. The molecule has 0 radical (unpaired) electrons. The van der Waals surface area contributed by atoms with E-state index in [1.807, 2.05) is 42.2 Å². The Labute approximate surface area is 111 Å². The molecule has 4 heteroatoms. The molecule has 0 spiro atoms. The molecular formula is C14H14ClFN2. The van der Waals surface area contributed by atoms with E-state index >= 15 is 0 Å². The zero-order valence-corrected chi connectivity index (χ0v) is 10.9. The number of nitrogens with zero attached hydrogens (tertiary/aromatic N) is 2. The molecule has 0 N–H and O–H groups in total. The van der Waals surface area contributed by atoms with Gasteiger partial charge in [0.15, 0.2) is 11.6 Å². The van der Waals surface area contributed by atoms with E-state index in [9.17, 15) is 4.39 Å². The summed E-state index contributed by atoms with van der Waals surface area (Å²) in [5, 5.41) is 0.312. The van der Waals surface area contributed by atoms with Crippen molar-refractivity contribution in [3.05, 3.63) is 59.0 Å². The first-order valence-electron chi connectivity index (χ1n) is 5.80. The molecule has 0 aliphatic heterocycles. The minimum atomic E-state index is -0.389. The molecule has 0 saturated heterocycles. The van der Waals surface area contributed by atoms with E-state index in [-0.39, 0.29) is 5.82 Å². The molecule has 0 fully saturated rings. The lowest BCUT2D eigenvalue weighted by Gasteiger charge is -2.22. The largest absolute Gasteiger partial charge is 0.350 e. The minimum Gasteiger partial charge on any atom is -0.350 e. The zero-order valence-electron chi connectivity index (χ0n) is 10.1. The second-order valence-electron chi connectivity index (χ2n) is 3.96. The van der Waals surface area contributed by atoms with Gasteiger partial charge in [-0.25, -0.2) is 9.37 Å². The molecule has 0 amide bonds. The number of aromatic nitrogens is 1. The number of hydrogen-bond acceptors (Lipinski definition) is 2. The molecule has 0 aliphatic rings. The van der Waals surface area contributed by atoms with Gasteiger partial charge >= 0.3 is 0 Å². The molecule has 0 aliphatic carbocycles. The fourth-order valence-corrected chi connectivity index (χ4v) is 1.92. The van der Waals surface area contributed by atoms with Crippen LogP contribution in [-0.2, 0) is 6.54 Å². The number of pyridine rings is 1. The summed E-state index contributed by atoms with van der Waals surface area (Å²) < 4.78 is 13.8. The topological polar surface area (TPSA) is 16.1 Å². The van der Waals surface area contributed by atoms with E-state index in [2.05, 4.69) is 4.98 Å². The van der Waals surface area contributed by atoms with Gasteiger partial charge in [-0.15, -0.1) is 0 Å². The number of rotatable bonds is 4. The van der Waals surface area contributed by atoms with Crippen LogP contribution in [0.2, 0.25) is 5.02 Å². The molecule has 0 bridgehead atoms. The molecule has 2 rings (SSSR count). The van der Waals surface area contributed by atoms with Crippen molar-refractivity contribution >= 4 is 17.4 Å². The van der Waals surface area contributed by atoms with Gasteiger partial charge in [-0.2, -0.15) is 0 Å². The predicted molar refractivity (Wildman–Crippen MR) is 72.4 cm³/mol. The van der Waals surface area contributed by atoms with E-state index in [4.69, 9.17) is 11.6 Å². The van der Waals surface area contributed by atoms with Crippen LogP contribution in [0.3, 0.4) is 0 Å². The Morgan fingerprint density at radius 3 is 2.61 bits per heavy atom.